The summed E-state index contributed by atoms with van der Waals surface area (Å²) in [6, 6.07) is 8.30. The molecule has 0 saturated carbocycles. The average molecular weight is 212 g/mol. The van der Waals surface area contributed by atoms with E-state index in [9.17, 15) is 0 Å². The topological polar surface area (TPSA) is 13.1 Å². The molecule has 1 heterocycles. The van der Waals surface area contributed by atoms with Crippen molar-refractivity contribution in [1.29, 1.82) is 0 Å². The molecule has 1 aliphatic carbocycles. The fourth-order valence-corrected chi connectivity index (χ4v) is 2.55. The van der Waals surface area contributed by atoms with Gasteiger partial charge in [-0.05, 0) is 18.9 Å². The number of para-hydroxylation sites is 1. The van der Waals surface area contributed by atoms with Crippen molar-refractivity contribution < 1.29 is 4.42 Å². The van der Waals surface area contributed by atoms with Crippen molar-refractivity contribution in [3.8, 4) is 0 Å². The fraction of sp³-hybridized carbons (Fsp3) is 0.333. The molecule has 1 aliphatic rings. The number of furan rings is 1. The van der Waals surface area contributed by atoms with Gasteiger partial charge >= 0.3 is 0 Å². The molecule has 1 aromatic carbocycles. The largest absolute Gasteiger partial charge is 0.460 e. The van der Waals surface area contributed by atoms with Crippen molar-refractivity contribution >= 4 is 17.0 Å². The first-order valence-corrected chi connectivity index (χ1v) is 5.88. The minimum Gasteiger partial charge on any atom is -0.460 e. The third-order valence-electron chi connectivity index (χ3n) is 3.92. The molecule has 0 saturated heterocycles. The number of benzene rings is 1. The van der Waals surface area contributed by atoms with Crippen LogP contribution < -0.4 is 0 Å². The van der Waals surface area contributed by atoms with E-state index < -0.39 is 0 Å². The molecule has 1 heteroatoms. The SMILES string of the molecule is CC1=Cc2c(oc3ccccc23)C(C)C1C. The summed E-state index contributed by atoms with van der Waals surface area (Å²) in [6.45, 7) is 6.74. The highest BCUT2D eigenvalue weighted by molar-refractivity contribution is 5.89. The van der Waals surface area contributed by atoms with Crippen molar-refractivity contribution in [2.24, 2.45) is 5.92 Å². The zero-order valence-electron chi connectivity index (χ0n) is 9.95. The van der Waals surface area contributed by atoms with Gasteiger partial charge in [0.2, 0.25) is 0 Å². The molecule has 1 aromatic heterocycles. The second-order valence-corrected chi connectivity index (χ2v) is 4.84. The Hall–Kier alpha value is -1.50. The summed E-state index contributed by atoms with van der Waals surface area (Å²) in [4.78, 5) is 0. The number of hydrogen-bond donors (Lipinski definition) is 0. The molecule has 1 nitrogen and oxygen atoms in total. The molecule has 0 aliphatic heterocycles. The Morgan fingerprint density at radius 1 is 1.06 bits per heavy atom. The van der Waals surface area contributed by atoms with Gasteiger partial charge in [-0.3, -0.25) is 0 Å². The number of fused-ring (bicyclic) bond motifs is 3. The summed E-state index contributed by atoms with van der Waals surface area (Å²) in [5, 5.41) is 1.25. The van der Waals surface area contributed by atoms with Gasteiger partial charge < -0.3 is 4.42 Å². The van der Waals surface area contributed by atoms with E-state index in [1.54, 1.807) is 0 Å². The van der Waals surface area contributed by atoms with Crippen LogP contribution >= 0.6 is 0 Å². The number of hydrogen-bond acceptors (Lipinski definition) is 1. The van der Waals surface area contributed by atoms with Crippen LogP contribution in [0, 0.1) is 5.92 Å². The van der Waals surface area contributed by atoms with Crippen LogP contribution in [0.1, 0.15) is 38.0 Å². The molecule has 0 radical (unpaired) electrons. The van der Waals surface area contributed by atoms with Gasteiger partial charge in [-0.15, -0.1) is 0 Å². The molecule has 2 unspecified atom stereocenters. The smallest absolute Gasteiger partial charge is 0.134 e. The third kappa shape index (κ3) is 1.18. The maximum atomic E-state index is 5.98. The lowest BCUT2D eigenvalue weighted by Crippen LogP contribution is -2.11. The van der Waals surface area contributed by atoms with E-state index in [0.717, 1.165) is 11.3 Å². The lowest BCUT2D eigenvalue weighted by atomic mass is 9.81. The van der Waals surface area contributed by atoms with Gasteiger partial charge in [0.15, 0.2) is 0 Å². The molecule has 82 valence electrons. The Morgan fingerprint density at radius 2 is 1.81 bits per heavy atom. The van der Waals surface area contributed by atoms with Crippen molar-refractivity contribution in [2.75, 3.05) is 0 Å². The predicted molar refractivity (Wildman–Crippen MR) is 67.4 cm³/mol. The molecule has 0 fully saturated rings. The highest BCUT2D eigenvalue weighted by atomic mass is 16.3. The maximum absolute atomic E-state index is 5.98. The first-order valence-electron chi connectivity index (χ1n) is 5.88. The second-order valence-electron chi connectivity index (χ2n) is 4.84. The third-order valence-corrected chi connectivity index (χ3v) is 3.92. The summed E-state index contributed by atoms with van der Waals surface area (Å²) in [6.07, 6.45) is 2.28. The molecule has 0 bridgehead atoms. The number of allylic oxidation sites excluding steroid dienone is 1. The Bertz CT molecular complexity index is 574. The van der Waals surface area contributed by atoms with Gasteiger partial charge in [-0.2, -0.15) is 0 Å². The van der Waals surface area contributed by atoms with Crippen LogP contribution in [0.4, 0.5) is 0 Å². The minimum absolute atomic E-state index is 0.479. The lowest BCUT2D eigenvalue weighted by Gasteiger charge is -2.24. The molecule has 16 heavy (non-hydrogen) atoms. The van der Waals surface area contributed by atoms with Gasteiger partial charge in [0, 0.05) is 16.9 Å². The van der Waals surface area contributed by atoms with Crippen molar-refractivity contribution in [3.63, 3.8) is 0 Å². The van der Waals surface area contributed by atoms with E-state index in [1.165, 1.54) is 16.5 Å². The number of rotatable bonds is 0. The molecule has 0 spiro atoms. The first-order chi connectivity index (χ1) is 7.68. The Labute approximate surface area is 95.8 Å². The molecule has 3 rings (SSSR count). The van der Waals surface area contributed by atoms with Crippen LogP contribution in [0.25, 0.3) is 17.0 Å². The van der Waals surface area contributed by atoms with Gasteiger partial charge in [0.05, 0.1) is 0 Å². The van der Waals surface area contributed by atoms with E-state index in [-0.39, 0.29) is 0 Å². The molecular weight excluding hydrogens is 196 g/mol. The first kappa shape index (κ1) is 9.71. The van der Waals surface area contributed by atoms with E-state index in [0.29, 0.717) is 11.8 Å². The van der Waals surface area contributed by atoms with Crippen LogP contribution in [-0.4, -0.2) is 0 Å². The van der Waals surface area contributed by atoms with Crippen molar-refractivity contribution in [2.45, 2.75) is 26.7 Å². The summed E-state index contributed by atoms with van der Waals surface area (Å²) < 4.78 is 5.98. The Balaban J connectivity index is 2.35. The van der Waals surface area contributed by atoms with Crippen LogP contribution in [0.2, 0.25) is 0 Å². The van der Waals surface area contributed by atoms with E-state index in [2.05, 4.69) is 39.0 Å². The summed E-state index contributed by atoms with van der Waals surface area (Å²) >= 11 is 0. The zero-order chi connectivity index (χ0) is 11.3. The highest BCUT2D eigenvalue weighted by Crippen LogP contribution is 2.42. The van der Waals surface area contributed by atoms with Crippen LogP contribution in [0.3, 0.4) is 0 Å². The fourth-order valence-electron chi connectivity index (χ4n) is 2.55. The maximum Gasteiger partial charge on any atom is 0.134 e. The predicted octanol–water partition coefficient (Wildman–Crippen LogP) is 4.59. The van der Waals surface area contributed by atoms with Crippen LogP contribution in [-0.2, 0) is 0 Å². The van der Waals surface area contributed by atoms with E-state index in [1.807, 2.05) is 12.1 Å². The lowest BCUT2D eigenvalue weighted by molar-refractivity contribution is 0.439. The molecule has 0 amide bonds. The molecule has 0 N–H and O–H groups in total. The minimum atomic E-state index is 0.479. The van der Waals surface area contributed by atoms with Gasteiger partial charge in [-0.25, -0.2) is 0 Å². The normalized spacial score (nSPS) is 24.3. The second kappa shape index (κ2) is 3.24. The van der Waals surface area contributed by atoms with Crippen LogP contribution in [0.5, 0.6) is 0 Å². The molecule has 2 aromatic rings. The molecular formula is C15H16O. The monoisotopic (exact) mass is 212 g/mol. The van der Waals surface area contributed by atoms with Crippen molar-refractivity contribution in [1.82, 2.24) is 0 Å². The average Bonchev–Trinajstić information content (AvgIpc) is 2.65. The summed E-state index contributed by atoms with van der Waals surface area (Å²) in [5.41, 5.74) is 3.75. The Kier molecular flexibility index (Phi) is 1.97. The summed E-state index contributed by atoms with van der Waals surface area (Å²) in [7, 11) is 0. The van der Waals surface area contributed by atoms with E-state index in [4.69, 9.17) is 4.42 Å². The van der Waals surface area contributed by atoms with E-state index >= 15 is 0 Å². The van der Waals surface area contributed by atoms with Crippen molar-refractivity contribution in [3.05, 3.63) is 41.2 Å². The highest BCUT2D eigenvalue weighted by Gasteiger charge is 2.27. The zero-order valence-corrected chi connectivity index (χ0v) is 9.95. The van der Waals surface area contributed by atoms with Gasteiger partial charge in [0.1, 0.15) is 11.3 Å². The Morgan fingerprint density at radius 3 is 2.62 bits per heavy atom. The quantitative estimate of drug-likeness (QED) is 0.622. The van der Waals surface area contributed by atoms with Crippen LogP contribution in [0.15, 0.2) is 34.3 Å². The van der Waals surface area contributed by atoms with Gasteiger partial charge in [-0.1, -0.05) is 43.7 Å². The molecule has 2 atom stereocenters. The van der Waals surface area contributed by atoms with Gasteiger partial charge in [0.25, 0.3) is 0 Å². The summed E-state index contributed by atoms with van der Waals surface area (Å²) in [5.74, 6) is 2.21. The standard InChI is InChI=1S/C15H16O/c1-9-8-13-12-6-4-5-7-14(12)16-15(13)11(3)10(9)2/h4-8,10-11H,1-3H3.